The molecular formula is C8H16ClN. The van der Waals surface area contributed by atoms with Crippen molar-refractivity contribution in [3.63, 3.8) is 0 Å². The normalized spacial score (nSPS) is 12.7. The zero-order valence-corrected chi connectivity index (χ0v) is 7.45. The minimum Gasteiger partial charge on any atom is -0.327 e. The van der Waals surface area contributed by atoms with Gasteiger partial charge in [-0.05, 0) is 12.8 Å². The minimum atomic E-state index is 0. The van der Waals surface area contributed by atoms with Crippen molar-refractivity contribution in [1.82, 2.24) is 0 Å². The van der Waals surface area contributed by atoms with Crippen molar-refractivity contribution in [2.24, 2.45) is 11.7 Å². The van der Waals surface area contributed by atoms with Gasteiger partial charge in [-0.15, -0.1) is 12.4 Å². The summed E-state index contributed by atoms with van der Waals surface area (Å²) in [6.07, 6.45) is 4.03. The van der Waals surface area contributed by atoms with Gasteiger partial charge in [-0.3, -0.25) is 0 Å². The molecule has 0 radical (unpaired) electrons. The van der Waals surface area contributed by atoms with Crippen LogP contribution in [0.4, 0.5) is 0 Å². The molecule has 0 aromatic rings. The van der Waals surface area contributed by atoms with E-state index in [-0.39, 0.29) is 12.4 Å². The van der Waals surface area contributed by atoms with Crippen LogP contribution in [0.5, 0.6) is 0 Å². The third-order valence-corrected chi connectivity index (χ3v) is 1.34. The second-order valence-electron chi connectivity index (χ2n) is 2.30. The first-order chi connectivity index (χ1) is 4.18. The van der Waals surface area contributed by atoms with E-state index in [1.807, 2.05) is 13.0 Å². The average Bonchev–Trinajstić information content (AvgIpc) is 1.82. The maximum atomic E-state index is 5.26. The maximum Gasteiger partial charge on any atom is 0.0107 e. The molecule has 0 saturated carbocycles. The van der Waals surface area contributed by atoms with Crippen LogP contribution in [0.1, 0.15) is 13.8 Å². The molecule has 0 saturated heterocycles. The van der Waals surface area contributed by atoms with Crippen molar-refractivity contribution in [2.75, 3.05) is 6.54 Å². The van der Waals surface area contributed by atoms with E-state index >= 15 is 0 Å². The van der Waals surface area contributed by atoms with E-state index in [9.17, 15) is 0 Å². The Balaban J connectivity index is 0. The third-order valence-electron chi connectivity index (χ3n) is 1.34. The molecule has 0 aliphatic carbocycles. The summed E-state index contributed by atoms with van der Waals surface area (Å²) >= 11 is 0. The van der Waals surface area contributed by atoms with E-state index in [4.69, 9.17) is 5.73 Å². The van der Waals surface area contributed by atoms with Gasteiger partial charge in [0.1, 0.15) is 0 Å². The SMILES string of the molecule is C=C(C)C(C)C=CCN.Cl. The van der Waals surface area contributed by atoms with Gasteiger partial charge in [0.15, 0.2) is 0 Å². The molecule has 0 aliphatic rings. The second-order valence-corrected chi connectivity index (χ2v) is 2.30. The number of hydrogen-bond donors (Lipinski definition) is 1. The lowest BCUT2D eigenvalue weighted by Crippen LogP contribution is -1.95. The molecule has 0 aromatic heterocycles. The summed E-state index contributed by atoms with van der Waals surface area (Å²) in [5, 5.41) is 0. The highest BCUT2D eigenvalue weighted by molar-refractivity contribution is 5.85. The highest BCUT2D eigenvalue weighted by atomic mass is 35.5. The molecule has 1 atom stereocenters. The molecule has 1 nitrogen and oxygen atoms in total. The van der Waals surface area contributed by atoms with Crippen molar-refractivity contribution in [2.45, 2.75) is 13.8 Å². The number of rotatable bonds is 3. The van der Waals surface area contributed by atoms with Crippen LogP contribution in [0.3, 0.4) is 0 Å². The Morgan fingerprint density at radius 2 is 2.20 bits per heavy atom. The lowest BCUT2D eigenvalue weighted by molar-refractivity contribution is 0.863. The lowest BCUT2D eigenvalue weighted by Gasteiger charge is -2.02. The first-order valence-corrected chi connectivity index (χ1v) is 3.20. The second kappa shape index (κ2) is 6.84. The summed E-state index contributed by atoms with van der Waals surface area (Å²) in [4.78, 5) is 0. The molecule has 0 heterocycles. The molecule has 0 bridgehead atoms. The van der Waals surface area contributed by atoms with Gasteiger partial charge in [-0.25, -0.2) is 0 Å². The van der Waals surface area contributed by atoms with E-state index in [0.717, 1.165) is 0 Å². The summed E-state index contributed by atoms with van der Waals surface area (Å²) in [5.41, 5.74) is 6.44. The Kier molecular flexibility index (Phi) is 8.49. The summed E-state index contributed by atoms with van der Waals surface area (Å²) < 4.78 is 0. The van der Waals surface area contributed by atoms with Gasteiger partial charge in [0.2, 0.25) is 0 Å². The van der Waals surface area contributed by atoms with Crippen LogP contribution in [-0.4, -0.2) is 6.54 Å². The van der Waals surface area contributed by atoms with E-state index in [2.05, 4.69) is 19.6 Å². The molecule has 2 N–H and O–H groups in total. The predicted molar refractivity (Wildman–Crippen MR) is 49.4 cm³/mol. The monoisotopic (exact) mass is 161 g/mol. The van der Waals surface area contributed by atoms with Crippen molar-refractivity contribution in [3.8, 4) is 0 Å². The highest BCUT2D eigenvalue weighted by Gasteiger charge is 1.93. The highest BCUT2D eigenvalue weighted by Crippen LogP contribution is 2.06. The Bertz CT molecular complexity index is 118. The number of allylic oxidation sites excluding steroid dienone is 2. The fraction of sp³-hybridized carbons (Fsp3) is 0.500. The molecule has 0 amide bonds. The summed E-state index contributed by atoms with van der Waals surface area (Å²) in [7, 11) is 0. The van der Waals surface area contributed by atoms with Gasteiger partial charge in [0.25, 0.3) is 0 Å². The fourth-order valence-electron chi connectivity index (χ4n) is 0.447. The molecule has 0 fully saturated rings. The van der Waals surface area contributed by atoms with Crippen LogP contribution in [0, 0.1) is 5.92 Å². The molecule has 2 heteroatoms. The van der Waals surface area contributed by atoms with Crippen molar-refractivity contribution in [3.05, 3.63) is 24.3 Å². The minimum absolute atomic E-state index is 0. The summed E-state index contributed by atoms with van der Waals surface area (Å²) in [6.45, 7) is 8.56. The molecule has 60 valence electrons. The Morgan fingerprint density at radius 3 is 2.50 bits per heavy atom. The Labute approximate surface area is 69.4 Å². The van der Waals surface area contributed by atoms with Gasteiger partial charge in [0.05, 0.1) is 0 Å². The van der Waals surface area contributed by atoms with Crippen LogP contribution in [0.25, 0.3) is 0 Å². The summed E-state index contributed by atoms with van der Waals surface area (Å²) in [6, 6.07) is 0. The van der Waals surface area contributed by atoms with E-state index < -0.39 is 0 Å². The molecule has 0 spiro atoms. The third kappa shape index (κ3) is 5.86. The van der Waals surface area contributed by atoms with Crippen LogP contribution >= 0.6 is 12.4 Å². The first-order valence-electron chi connectivity index (χ1n) is 3.20. The molecule has 1 unspecified atom stereocenters. The van der Waals surface area contributed by atoms with Crippen LogP contribution < -0.4 is 5.73 Å². The Morgan fingerprint density at radius 1 is 1.70 bits per heavy atom. The largest absolute Gasteiger partial charge is 0.327 e. The summed E-state index contributed by atoms with van der Waals surface area (Å²) in [5.74, 6) is 0.466. The maximum absolute atomic E-state index is 5.26. The topological polar surface area (TPSA) is 26.0 Å². The van der Waals surface area contributed by atoms with Gasteiger partial charge < -0.3 is 5.73 Å². The lowest BCUT2D eigenvalue weighted by atomic mass is 10.0. The molecule has 0 aromatic carbocycles. The predicted octanol–water partition coefficient (Wildman–Crippen LogP) is 2.14. The molecule has 10 heavy (non-hydrogen) atoms. The first kappa shape index (κ1) is 12.4. The Hall–Kier alpha value is -0.270. The number of nitrogens with two attached hydrogens (primary N) is 1. The van der Waals surface area contributed by atoms with Crippen LogP contribution in [0.15, 0.2) is 24.3 Å². The average molecular weight is 162 g/mol. The van der Waals surface area contributed by atoms with Gasteiger partial charge in [0, 0.05) is 6.54 Å². The molecule has 0 aliphatic heterocycles. The zero-order valence-electron chi connectivity index (χ0n) is 6.63. The van der Waals surface area contributed by atoms with Gasteiger partial charge in [-0.2, -0.15) is 0 Å². The zero-order chi connectivity index (χ0) is 7.28. The fourth-order valence-corrected chi connectivity index (χ4v) is 0.447. The smallest absolute Gasteiger partial charge is 0.0107 e. The van der Waals surface area contributed by atoms with Crippen molar-refractivity contribution in [1.29, 1.82) is 0 Å². The van der Waals surface area contributed by atoms with Crippen molar-refractivity contribution < 1.29 is 0 Å². The van der Waals surface area contributed by atoms with E-state index in [1.165, 1.54) is 5.57 Å². The number of hydrogen-bond acceptors (Lipinski definition) is 1. The van der Waals surface area contributed by atoms with Crippen molar-refractivity contribution >= 4 is 12.4 Å². The molecule has 0 rings (SSSR count). The van der Waals surface area contributed by atoms with Crippen LogP contribution in [-0.2, 0) is 0 Å². The van der Waals surface area contributed by atoms with E-state index in [0.29, 0.717) is 12.5 Å². The number of halogens is 1. The van der Waals surface area contributed by atoms with Gasteiger partial charge >= 0.3 is 0 Å². The molecular weight excluding hydrogens is 146 g/mol. The quantitative estimate of drug-likeness (QED) is 0.631. The van der Waals surface area contributed by atoms with Gasteiger partial charge in [-0.1, -0.05) is 31.2 Å². The van der Waals surface area contributed by atoms with E-state index in [1.54, 1.807) is 0 Å². The van der Waals surface area contributed by atoms with Crippen LogP contribution in [0.2, 0.25) is 0 Å². The standard InChI is InChI=1S/C8H15N.ClH/c1-7(2)8(3)5-4-6-9;/h4-5,8H,1,6,9H2,2-3H3;1H.